The first kappa shape index (κ1) is 18.2. The highest BCUT2D eigenvalue weighted by Crippen LogP contribution is 2.54. The molecule has 1 aliphatic rings. The topological polar surface area (TPSA) is 62.5 Å². The lowest BCUT2D eigenvalue weighted by molar-refractivity contribution is -0.141. The van der Waals surface area contributed by atoms with Crippen LogP contribution in [0.2, 0.25) is 0 Å². The van der Waals surface area contributed by atoms with E-state index < -0.39 is 11.9 Å². The summed E-state index contributed by atoms with van der Waals surface area (Å²) in [5.41, 5.74) is -0.135. The monoisotopic (exact) mass is 440 g/mol. The predicted molar refractivity (Wildman–Crippen MR) is 97.5 cm³/mol. The van der Waals surface area contributed by atoms with Gasteiger partial charge < -0.3 is 10.4 Å². The zero-order valence-electron chi connectivity index (χ0n) is 14.0. The van der Waals surface area contributed by atoms with Crippen LogP contribution in [0.15, 0.2) is 47.1 Å². The van der Waals surface area contributed by atoms with Crippen molar-refractivity contribution in [1.82, 2.24) is 14.6 Å². The van der Waals surface area contributed by atoms with E-state index in [1.807, 2.05) is 30.3 Å². The highest BCUT2D eigenvalue weighted by Gasteiger charge is 2.54. The van der Waals surface area contributed by atoms with Crippen LogP contribution < -0.4 is 5.32 Å². The number of halogens is 4. The molecule has 2 aromatic heterocycles. The quantitative estimate of drug-likeness (QED) is 0.631. The summed E-state index contributed by atoms with van der Waals surface area (Å²) in [6.07, 6.45) is -3.79. The van der Waals surface area contributed by atoms with E-state index >= 15 is 0 Å². The number of rotatable bonds is 5. The molecule has 0 amide bonds. The molecule has 0 bridgehead atoms. The number of hydrogen-bond acceptors (Lipinski definition) is 4. The van der Waals surface area contributed by atoms with Crippen LogP contribution in [0.1, 0.15) is 17.7 Å². The minimum Gasteiger partial charge on any atom is -0.396 e. The lowest BCUT2D eigenvalue weighted by Gasteiger charge is -2.20. The Bertz CT molecular complexity index is 976. The fourth-order valence-corrected chi connectivity index (χ4v) is 3.89. The van der Waals surface area contributed by atoms with E-state index in [0.29, 0.717) is 11.1 Å². The van der Waals surface area contributed by atoms with Crippen molar-refractivity contribution in [2.75, 3.05) is 18.5 Å². The van der Waals surface area contributed by atoms with Gasteiger partial charge in [0.2, 0.25) is 0 Å². The van der Waals surface area contributed by atoms with Crippen molar-refractivity contribution >= 4 is 27.4 Å². The zero-order chi connectivity index (χ0) is 19.2. The molecule has 0 saturated heterocycles. The van der Waals surface area contributed by atoms with Crippen LogP contribution >= 0.6 is 15.9 Å². The molecule has 1 saturated carbocycles. The average Bonchev–Trinajstić information content (AvgIpc) is 3.24. The molecule has 142 valence electrons. The molecule has 27 heavy (non-hydrogen) atoms. The number of alkyl halides is 3. The Balaban J connectivity index is 1.69. The molecule has 1 aliphatic carbocycles. The maximum atomic E-state index is 13.2. The third-order valence-corrected chi connectivity index (χ3v) is 5.46. The fraction of sp³-hybridized carbons (Fsp3) is 0.333. The van der Waals surface area contributed by atoms with Crippen LogP contribution in [0, 0.1) is 5.92 Å². The molecule has 2 N–H and O–H groups in total. The van der Waals surface area contributed by atoms with Gasteiger partial charge in [-0.3, -0.25) is 0 Å². The maximum Gasteiger partial charge on any atom is 0.433 e. The number of aliphatic hydroxyl groups is 1. The van der Waals surface area contributed by atoms with Crippen LogP contribution in [-0.4, -0.2) is 32.9 Å². The van der Waals surface area contributed by atoms with E-state index in [1.54, 1.807) is 0 Å². The molecule has 0 aliphatic heterocycles. The second kappa shape index (κ2) is 6.49. The molecule has 1 fully saturated rings. The maximum absolute atomic E-state index is 13.2. The van der Waals surface area contributed by atoms with E-state index in [2.05, 4.69) is 31.3 Å². The van der Waals surface area contributed by atoms with Gasteiger partial charge in [0, 0.05) is 30.7 Å². The van der Waals surface area contributed by atoms with Gasteiger partial charge in [0.1, 0.15) is 10.4 Å². The van der Waals surface area contributed by atoms with Gasteiger partial charge in [-0.25, -0.2) is 4.98 Å². The van der Waals surface area contributed by atoms with Gasteiger partial charge in [0.05, 0.1) is 0 Å². The largest absolute Gasteiger partial charge is 0.433 e. The summed E-state index contributed by atoms with van der Waals surface area (Å²) in [5, 5.41) is 16.9. The first-order valence-electron chi connectivity index (χ1n) is 8.37. The predicted octanol–water partition coefficient (Wildman–Crippen LogP) is 3.87. The Hall–Kier alpha value is -2.13. The third kappa shape index (κ3) is 3.29. The Morgan fingerprint density at radius 2 is 2.00 bits per heavy atom. The third-order valence-electron chi connectivity index (χ3n) is 5.07. The Morgan fingerprint density at radius 3 is 2.63 bits per heavy atom. The highest BCUT2D eigenvalue weighted by atomic mass is 79.9. The van der Waals surface area contributed by atoms with Gasteiger partial charge in [-0.2, -0.15) is 22.8 Å². The molecular formula is C18H16BrF3N4O. The van der Waals surface area contributed by atoms with E-state index in [-0.39, 0.29) is 29.4 Å². The Kier molecular flexibility index (Phi) is 4.38. The van der Waals surface area contributed by atoms with Gasteiger partial charge in [0.25, 0.3) is 0 Å². The van der Waals surface area contributed by atoms with Crippen LogP contribution in [0.3, 0.4) is 0 Å². The Labute approximate surface area is 161 Å². The van der Waals surface area contributed by atoms with E-state index in [1.165, 1.54) is 10.6 Å². The minimum absolute atomic E-state index is 0.0312. The number of aromatic nitrogens is 3. The summed E-state index contributed by atoms with van der Waals surface area (Å²) < 4.78 is 41.4. The molecule has 0 radical (unpaired) electrons. The number of nitrogens with zero attached hydrogens (tertiary/aromatic N) is 3. The van der Waals surface area contributed by atoms with Crippen molar-refractivity contribution in [2.24, 2.45) is 5.92 Å². The number of benzene rings is 1. The smallest absolute Gasteiger partial charge is 0.396 e. The molecule has 2 unspecified atom stereocenters. The van der Waals surface area contributed by atoms with Crippen LogP contribution in [-0.2, 0) is 11.6 Å². The minimum atomic E-state index is -4.56. The Morgan fingerprint density at radius 1 is 1.26 bits per heavy atom. The molecule has 2 atom stereocenters. The van der Waals surface area contributed by atoms with E-state index in [9.17, 15) is 18.3 Å². The molecule has 3 aromatic rings. The van der Waals surface area contributed by atoms with Crippen LogP contribution in [0.4, 0.5) is 19.0 Å². The second-order valence-electron chi connectivity index (χ2n) is 6.72. The van der Waals surface area contributed by atoms with Crippen molar-refractivity contribution in [1.29, 1.82) is 0 Å². The van der Waals surface area contributed by atoms with Gasteiger partial charge in [0.15, 0.2) is 11.3 Å². The SMILES string of the molecule is OCC1CC1(CNc1cc(C(F)(F)F)nc2cc(Br)nn12)c1ccccc1. The van der Waals surface area contributed by atoms with E-state index in [4.69, 9.17) is 0 Å². The number of nitrogens with one attached hydrogen (secondary N) is 1. The van der Waals surface area contributed by atoms with Crippen molar-refractivity contribution < 1.29 is 18.3 Å². The fourth-order valence-electron chi connectivity index (χ4n) is 3.53. The standard InChI is InChI=1S/C18H16BrF3N4O/c19-14-7-16-24-13(18(20,21)22)6-15(26(16)25-14)23-10-17(8-12(17)9-27)11-4-2-1-3-5-11/h1-7,12,23,27H,8-10H2. The van der Waals surface area contributed by atoms with Gasteiger partial charge >= 0.3 is 6.18 Å². The summed E-state index contributed by atoms with van der Waals surface area (Å²) in [4.78, 5) is 3.64. The molecule has 9 heteroatoms. The van der Waals surface area contributed by atoms with E-state index in [0.717, 1.165) is 18.1 Å². The summed E-state index contributed by atoms with van der Waals surface area (Å²) in [6, 6.07) is 12.1. The highest BCUT2D eigenvalue weighted by molar-refractivity contribution is 9.10. The van der Waals surface area contributed by atoms with Crippen LogP contribution in [0.5, 0.6) is 0 Å². The number of fused-ring (bicyclic) bond motifs is 1. The molecule has 0 spiro atoms. The molecule has 4 rings (SSSR count). The number of hydrogen-bond donors (Lipinski definition) is 2. The summed E-state index contributed by atoms with van der Waals surface area (Å²) in [6.45, 7) is 0.416. The van der Waals surface area contributed by atoms with Crippen molar-refractivity contribution in [3.63, 3.8) is 0 Å². The molecular weight excluding hydrogens is 425 g/mol. The van der Waals surface area contributed by atoms with Crippen molar-refractivity contribution in [2.45, 2.75) is 18.0 Å². The molecule has 5 nitrogen and oxygen atoms in total. The van der Waals surface area contributed by atoms with Gasteiger partial charge in [-0.15, -0.1) is 0 Å². The lowest BCUT2D eigenvalue weighted by atomic mass is 9.93. The van der Waals surface area contributed by atoms with Gasteiger partial charge in [-0.1, -0.05) is 30.3 Å². The van der Waals surface area contributed by atoms with Crippen molar-refractivity contribution in [3.8, 4) is 0 Å². The first-order valence-corrected chi connectivity index (χ1v) is 9.16. The van der Waals surface area contributed by atoms with Crippen molar-refractivity contribution in [3.05, 3.63) is 58.3 Å². The summed E-state index contributed by atoms with van der Waals surface area (Å²) in [7, 11) is 0. The first-order chi connectivity index (χ1) is 12.8. The average molecular weight is 441 g/mol. The van der Waals surface area contributed by atoms with Crippen LogP contribution in [0.25, 0.3) is 5.65 Å². The number of anilines is 1. The second-order valence-corrected chi connectivity index (χ2v) is 7.53. The lowest BCUT2D eigenvalue weighted by Crippen LogP contribution is -2.24. The zero-order valence-corrected chi connectivity index (χ0v) is 15.6. The molecule has 1 aromatic carbocycles. The normalized spacial score (nSPS) is 22.2. The summed E-state index contributed by atoms with van der Waals surface area (Å²) >= 11 is 3.18. The number of aliphatic hydroxyl groups excluding tert-OH is 1. The summed E-state index contributed by atoms with van der Waals surface area (Å²) in [5.74, 6) is 0.271. The van der Waals surface area contributed by atoms with Gasteiger partial charge in [-0.05, 0) is 33.8 Å². The molecule has 2 heterocycles.